The topological polar surface area (TPSA) is 98.3 Å². The third-order valence-corrected chi connectivity index (χ3v) is 4.19. The number of carbonyl (C=O) groups excluding carboxylic acids is 2. The molecule has 7 heteroatoms. The number of nitrogens with one attached hydrogen (secondary N) is 2. The summed E-state index contributed by atoms with van der Waals surface area (Å²) in [4.78, 5) is 32.9. The molecule has 0 bridgehead atoms. The number of para-hydroxylation sites is 1. The van der Waals surface area contributed by atoms with Crippen LogP contribution < -0.4 is 5.32 Å². The van der Waals surface area contributed by atoms with Crippen molar-refractivity contribution in [2.75, 3.05) is 13.1 Å². The molecule has 2 heterocycles. The lowest BCUT2D eigenvalue weighted by molar-refractivity contribution is -0.129. The van der Waals surface area contributed by atoms with Gasteiger partial charge in [-0.3, -0.25) is 9.59 Å². The van der Waals surface area contributed by atoms with E-state index < -0.39 is 0 Å². The first-order valence-corrected chi connectivity index (χ1v) is 7.93. The molecule has 1 fully saturated rings. The molecule has 1 atom stereocenters. The Balaban J connectivity index is 1.50. The number of carbonyl (C=O) groups is 2. The zero-order valence-electron chi connectivity index (χ0n) is 13.2. The first-order chi connectivity index (χ1) is 11.6. The number of aromatic nitrogens is 2. The fourth-order valence-electron chi connectivity index (χ4n) is 2.84. The Labute approximate surface area is 139 Å². The second-order valence-corrected chi connectivity index (χ2v) is 5.92. The number of phenolic OH excluding ortho intramolecular Hbond substituents is 1. The Morgan fingerprint density at radius 2 is 2.25 bits per heavy atom. The summed E-state index contributed by atoms with van der Waals surface area (Å²) in [7, 11) is 0. The van der Waals surface area contributed by atoms with Crippen molar-refractivity contribution in [3.05, 3.63) is 48.0 Å². The molecule has 1 unspecified atom stereocenters. The van der Waals surface area contributed by atoms with Gasteiger partial charge in [0.1, 0.15) is 5.75 Å². The molecule has 1 aromatic carbocycles. The Kier molecular flexibility index (Phi) is 4.79. The highest BCUT2D eigenvalue weighted by Gasteiger charge is 2.34. The van der Waals surface area contributed by atoms with Gasteiger partial charge in [0, 0.05) is 49.9 Å². The van der Waals surface area contributed by atoms with Crippen molar-refractivity contribution in [1.29, 1.82) is 0 Å². The first kappa shape index (κ1) is 16.0. The van der Waals surface area contributed by atoms with E-state index in [1.54, 1.807) is 35.6 Å². The van der Waals surface area contributed by atoms with Crippen LogP contribution in [0.3, 0.4) is 0 Å². The molecule has 0 spiro atoms. The number of nitrogens with zero attached hydrogens (tertiary/aromatic N) is 2. The van der Waals surface area contributed by atoms with Crippen LogP contribution >= 0.6 is 0 Å². The number of likely N-dealkylation sites (tertiary alicyclic amines) is 1. The van der Waals surface area contributed by atoms with Gasteiger partial charge < -0.3 is 20.3 Å². The Hall–Kier alpha value is -2.83. The standard InChI is InChI=1S/C17H20N4O3/c22-15-4-2-1-3-12(15)9-21-10-13(7-16(21)23)17(24)19-6-5-14-8-18-11-20-14/h1-4,8,11,13,22H,5-7,9-10H2,(H,18,20)(H,19,24). The van der Waals surface area contributed by atoms with E-state index in [2.05, 4.69) is 15.3 Å². The summed E-state index contributed by atoms with van der Waals surface area (Å²) in [6.07, 6.45) is 4.21. The lowest BCUT2D eigenvalue weighted by atomic mass is 10.1. The van der Waals surface area contributed by atoms with Crippen LogP contribution in [-0.4, -0.2) is 44.9 Å². The maximum atomic E-state index is 12.2. The van der Waals surface area contributed by atoms with E-state index in [1.165, 1.54) is 0 Å². The van der Waals surface area contributed by atoms with Crippen LogP contribution in [0.15, 0.2) is 36.8 Å². The molecule has 3 N–H and O–H groups in total. The summed E-state index contributed by atoms with van der Waals surface area (Å²) < 4.78 is 0. The van der Waals surface area contributed by atoms with Crippen molar-refractivity contribution in [2.24, 2.45) is 5.92 Å². The number of hydrogen-bond acceptors (Lipinski definition) is 4. The number of amides is 2. The molecule has 0 radical (unpaired) electrons. The Bertz CT molecular complexity index is 714. The molecule has 0 aliphatic carbocycles. The SMILES string of the molecule is O=C(NCCc1cnc[nH]1)C1CC(=O)N(Cc2ccccc2O)C1. The van der Waals surface area contributed by atoms with Crippen LogP contribution in [0, 0.1) is 5.92 Å². The monoisotopic (exact) mass is 328 g/mol. The largest absolute Gasteiger partial charge is 0.508 e. The zero-order valence-corrected chi connectivity index (χ0v) is 13.2. The minimum atomic E-state index is -0.342. The van der Waals surface area contributed by atoms with Gasteiger partial charge in [-0.15, -0.1) is 0 Å². The third kappa shape index (κ3) is 3.73. The van der Waals surface area contributed by atoms with Crippen molar-refractivity contribution in [1.82, 2.24) is 20.2 Å². The van der Waals surface area contributed by atoms with Crippen LogP contribution in [0.25, 0.3) is 0 Å². The van der Waals surface area contributed by atoms with E-state index in [0.717, 1.165) is 5.69 Å². The lowest BCUT2D eigenvalue weighted by Crippen LogP contribution is -2.34. The van der Waals surface area contributed by atoms with Gasteiger partial charge in [0.05, 0.1) is 12.2 Å². The van der Waals surface area contributed by atoms with E-state index in [-0.39, 0.29) is 29.9 Å². The van der Waals surface area contributed by atoms with E-state index in [1.807, 2.05) is 6.07 Å². The predicted molar refractivity (Wildman–Crippen MR) is 86.9 cm³/mol. The molecule has 3 rings (SSSR count). The smallest absolute Gasteiger partial charge is 0.225 e. The summed E-state index contributed by atoms with van der Waals surface area (Å²) >= 11 is 0. The highest BCUT2D eigenvalue weighted by molar-refractivity contribution is 5.89. The molecule has 126 valence electrons. The van der Waals surface area contributed by atoms with Crippen LogP contribution in [0.4, 0.5) is 0 Å². The number of aromatic amines is 1. The van der Waals surface area contributed by atoms with Gasteiger partial charge >= 0.3 is 0 Å². The molecule has 1 saturated heterocycles. The average Bonchev–Trinajstić information content (AvgIpc) is 3.20. The number of aromatic hydroxyl groups is 1. The van der Waals surface area contributed by atoms with Gasteiger partial charge in [-0.1, -0.05) is 18.2 Å². The quantitative estimate of drug-likeness (QED) is 0.731. The highest BCUT2D eigenvalue weighted by atomic mass is 16.3. The van der Waals surface area contributed by atoms with Gasteiger partial charge in [0.2, 0.25) is 11.8 Å². The summed E-state index contributed by atoms with van der Waals surface area (Å²) in [6.45, 7) is 1.21. The van der Waals surface area contributed by atoms with Crippen molar-refractivity contribution in [2.45, 2.75) is 19.4 Å². The summed E-state index contributed by atoms with van der Waals surface area (Å²) in [5.74, 6) is -0.350. The van der Waals surface area contributed by atoms with Crippen LogP contribution in [0.2, 0.25) is 0 Å². The number of benzene rings is 1. The van der Waals surface area contributed by atoms with Gasteiger partial charge in [-0.05, 0) is 6.07 Å². The molecular formula is C17H20N4O3. The Morgan fingerprint density at radius 1 is 1.42 bits per heavy atom. The van der Waals surface area contributed by atoms with Crippen molar-refractivity contribution < 1.29 is 14.7 Å². The second kappa shape index (κ2) is 7.16. The number of H-pyrrole nitrogens is 1. The maximum Gasteiger partial charge on any atom is 0.225 e. The summed E-state index contributed by atoms with van der Waals surface area (Å²) in [5.41, 5.74) is 1.64. The average molecular weight is 328 g/mol. The predicted octanol–water partition coefficient (Wildman–Crippen LogP) is 0.823. The van der Waals surface area contributed by atoms with E-state index in [0.29, 0.717) is 31.6 Å². The van der Waals surface area contributed by atoms with Gasteiger partial charge in [-0.2, -0.15) is 0 Å². The fourth-order valence-corrected chi connectivity index (χ4v) is 2.84. The minimum Gasteiger partial charge on any atom is -0.508 e. The molecule has 7 nitrogen and oxygen atoms in total. The molecule has 2 aromatic rings. The number of hydrogen-bond donors (Lipinski definition) is 3. The van der Waals surface area contributed by atoms with Crippen molar-refractivity contribution in [3.63, 3.8) is 0 Å². The fraction of sp³-hybridized carbons (Fsp3) is 0.353. The lowest BCUT2D eigenvalue weighted by Gasteiger charge is -2.17. The minimum absolute atomic E-state index is 0.0630. The number of imidazole rings is 1. The van der Waals surface area contributed by atoms with Gasteiger partial charge in [0.15, 0.2) is 0 Å². The van der Waals surface area contributed by atoms with Crippen LogP contribution in [0.1, 0.15) is 17.7 Å². The zero-order chi connectivity index (χ0) is 16.9. The third-order valence-electron chi connectivity index (χ3n) is 4.19. The maximum absolute atomic E-state index is 12.2. The van der Waals surface area contributed by atoms with Gasteiger partial charge in [-0.25, -0.2) is 4.98 Å². The molecule has 1 aliphatic rings. The van der Waals surface area contributed by atoms with E-state index in [4.69, 9.17) is 0 Å². The normalized spacial score (nSPS) is 17.2. The molecule has 2 amide bonds. The van der Waals surface area contributed by atoms with Gasteiger partial charge in [0.25, 0.3) is 0 Å². The summed E-state index contributed by atoms with van der Waals surface area (Å²) in [6, 6.07) is 6.92. The first-order valence-electron chi connectivity index (χ1n) is 7.93. The van der Waals surface area contributed by atoms with E-state index >= 15 is 0 Å². The molecule has 1 aromatic heterocycles. The van der Waals surface area contributed by atoms with Crippen molar-refractivity contribution in [3.8, 4) is 5.75 Å². The van der Waals surface area contributed by atoms with Crippen LogP contribution in [0.5, 0.6) is 5.75 Å². The van der Waals surface area contributed by atoms with Crippen molar-refractivity contribution >= 4 is 11.8 Å². The van der Waals surface area contributed by atoms with Crippen LogP contribution in [-0.2, 0) is 22.6 Å². The molecular weight excluding hydrogens is 308 g/mol. The Morgan fingerprint density at radius 3 is 3.00 bits per heavy atom. The molecule has 0 saturated carbocycles. The molecule has 24 heavy (non-hydrogen) atoms. The summed E-state index contributed by atoms with van der Waals surface area (Å²) in [5, 5.41) is 12.7. The number of phenols is 1. The molecule has 1 aliphatic heterocycles. The highest BCUT2D eigenvalue weighted by Crippen LogP contribution is 2.24. The second-order valence-electron chi connectivity index (χ2n) is 5.92. The van der Waals surface area contributed by atoms with E-state index in [9.17, 15) is 14.7 Å². The number of rotatable bonds is 6.